The van der Waals surface area contributed by atoms with Gasteiger partial charge in [0.25, 0.3) is 5.91 Å². The number of hydrogen-bond acceptors (Lipinski definition) is 5. The summed E-state index contributed by atoms with van der Waals surface area (Å²) in [7, 11) is 1.63. The lowest BCUT2D eigenvalue weighted by atomic mass is 10.1. The molecule has 0 atom stereocenters. The molecule has 6 heteroatoms. The predicted octanol–water partition coefficient (Wildman–Crippen LogP) is 4.64. The van der Waals surface area contributed by atoms with Crippen molar-refractivity contribution in [2.75, 3.05) is 12.4 Å². The van der Waals surface area contributed by atoms with E-state index >= 15 is 0 Å². The van der Waals surface area contributed by atoms with Gasteiger partial charge in [-0.15, -0.1) is 0 Å². The highest BCUT2D eigenvalue weighted by Gasteiger charge is 2.08. The summed E-state index contributed by atoms with van der Waals surface area (Å²) in [4.78, 5) is 22.3. The van der Waals surface area contributed by atoms with E-state index in [2.05, 4.69) is 15.3 Å². The Labute approximate surface area is 163 Å². The Bertz CT molecular complexity index is 922. The maximum absolute atomic E-state index is 12.4. The minimum absolute atomic E-state index is 0.147. The molecule has 3 rings (SSSR count). The van der Waals surface area contributed by atoms with Crippen molar-refractivity contribution < 1.29 is 9.53 Å². The zero-order chi connectivity index (χ0) is 19.2. The molecule has 1 aromatic heterocycles. The van der Waals surface area contributed by atoms with Gasteiger partial charge in [-0.2, -0.15) is 0 Å². The number of aromatic nitrogens is 2. The number of nitrogens with one attached hydrogen (secondary N) is 1. The van der Waals surface area contributed by atoms with Crippen LogP contribution < -0.4 is 5.32 Å². The summed E-state index contributed by atoms with van der Waals surface area (Å²) in [6.45, 7) is 4.39. The Balaban J connectivity index is 1.66. The summed E-state index contributed by atoms with van der Waals surface area (Å²) in [5.41, 5.74) is 4.20. The van der Waals surface area contributed by atoms with Crippen LogP contribution in [0.5, 0.6) is 0 Å². The molecule has 138 valence electrons. The van der Waals surface area contributed by atoms with Crippen molar-refractivity contribution in [2.24, 2.45) is 0 Å². The molecule has 0 saturated carbocycles. The third kappa shape index (κ3) is 5.39. The number of carbonyl (C=O) groups is 1. The standard InChI is InChI=1S/C21H21N3O2S/c1-14-11-15(2)23-21(22-14)27-19-9-7-18(8-10-19)24-20(25)17-6-4-5-16(12-17)13-26-3/h4-12H,13H2,1-3H3,(H,24,25). The molecule has 1 heterocycles. The fourth-order valence-corrected chi connectivity index (χ4v) is 3.49. The number of rotatable bonds is 6. The van der Waals surface area contributed by atoms with Gasteiger partial charge in [-0.25, -0.2) is 9.97 Å². The first kappa shape index (κ1) is 19.1. The van der Waals surface area contributed by atoms with Gasteiger partial charge in [-0.1, -0.05) is 12.1 Å². The molecule has 0 spiro atoms. The number of anilines is 1. The zero-order valence-electron chi connectivity index (χ0n) is 15.5. The molecular formula is C21H21N3O2S. The van der Waals surface area contributed by atoms with E-state index in [0.29, 0.717) is 12.2 Å². The molecular weight excluding hydrogens is 358 g/mol. The number of aryl methyl sites for hydroxylation is 2. The quantitative estimate of drug-likeness (QED) is 0.632. The van der Waals surface area contributed by atoms with Crippen LogP contribution in [0, 0.1) is 13.8 Å². The Morgan fingerprint density at radius 1 is 1.04 bits per heavy atom. The van der Waals surface area contributed by atoms with E-state index in [1.54, 1.807) is 13.2 Å². The molecule has 3 aromatic rings. The zero-order valence-corrected chi connectivity index (χ0v) is 16.3. The number of methoxy groups -OCH3 is 1. The Morgan fingerprint density at radius 2 is 1.74 bits per heavy atom. The molecule has 0 aliphatic rings. The second kappa shape index (κ2) is 8.79. The fraction of sp³-hybridized carbons (Fsp3) is 0.190. The van der Waals surface area contributed by atoms with Crippen molar-refractivity contribution in [2.45, 2.75) is 30.5 Å². The van der Waals surface area contributed by atoms with Gasteiger partial charge in [-0.05, 0) is 73.6 Å². The number of benzene rings is 2. The number of nitrogens with zero attached hydrogens (tertiary/aromatic N) is 2. The predicted molar refractivity (Wildman–Crippen MR) is 107 cm³/mol. The van der Waals surface area contributed by atoms with Crippen molar-refractivity contribution in [1.29, 1.82) is 0 Å². The molecule has 0 unspecified atom stereocenters. The van der Waals surface area contributed by atoms with Gasteiger partial charge in [0.2, 0.25) is 0 Å². The summed E-state index contributed by atoms with van der Waals surface area (Å²) in [6.07, 6.45) is 0. The van der Waals surface area contributed by atoms with Crippen LogP contribution in [-0.4, -0.2) is 23.0 Å². The van der Waals surface area contributed by atoms with E-state index in [0.717, 1.165) is 32.7 Å². The van der Waals surface area contributed by atoms with Gasteiger partial charge in [-0.3, -0.25) is 4.79 Å². The Kier molecular flexibility index (Phi) is 6.21. The van der Waals surface area contributed by atoms with E-state index in [1.165, 1.54) is 11.8 Å². The van der Waals surface area contributed by atoms with Crippen LogP contribution in [0.15, 0.2) is 64.6 Å². The molecule has 1 N–H and O–H groups in total. The minimum Gasteiger partial charge on any atom is -0.380 e. The van der Waals surface area contributed by atoms with Crippen LogP contribution in [-0.2, 0) is 11.3 Å². The molecule has 0 fully saturated rings. The summed E-state index contributed by atoms with van der Waals surface area (Å²) >= 11 is 1.50. The molecule has 0 saturated heterocycles. The smallest absolute Gasteiger partial charge is 0.255 e. The van der Waals surface area contributed by atoms with Crippen LogP contribution >= 0.6 is 11.8 Å². The fourth-order valence-electron chi connectivity index (χ4n) is 2.62. The molecule has 0 aliphatic heterocycles. The molecule has 1 amide bonds. The normalized spacial score (nSPS) is 10.6. The van der Waals surface area contributed by atoms with Crippen molar-refractivity contribution in [3.63, 3.8) is 0 Å². The second-order valence-electron chi connectivity index (χ2n) is 6.15. The van der Waals surface area contributed by atoms with E-state index in [9.17, 15) is 4.79 Å². The minimum atomic E-state index is -0.147. The SMILES string of the molecule is COCc1cccc(C(=O)Nc2ccc(Sc3nc(C)cc(C)n3)cc2)c1. The lowest BCUT2D eigenvalue weighted by Crippen LogP contribution is -2.12. The van der Waals surface area contributed by atoms with Crippen molar-refractivity contribution in [3.05, 3.63) is 77.1 Å². The van der Waals surface area contributed by atoms with Gasteiger partial charge >= 0.3 is 0 Å². The lowest BCUT2D eigenvalue weighted by Gasteiger charge is -2.08. The van der Waals surface area contributed by atoms with Crippen LogP contribution in [0.2, 0.25) is 0 Å². The van der Waals surface area contributed by atoms with E-state index in [4.69, 9.17) is 4.74 Å². The third-order valence-corrected chi connectivity index (χ3v) is 4.66. The highest BCUT2D eigenvalue weighted by atomic mass is 32.2. The summed E-state index contributed by atoms with van der Waals surface area (Å²) in [6, 6.07) is 17.0. The maximum Gasteiger partial charge on any atom is 0.255 e. The largest absolute Gasteiger partial charge is 0.380 e. The number of carbonyl (C=O) groups excluding carboxylic acids is 1. The van der Waals surface area contributed by atoms with Crippen LogP contribution in [0.3, 0.4) is 0 Å². The first-order chi connectivity index (χ1) is 13.0. The van der Waals surface area contributed by atoms with Gasteiger partial charge in [0, 0.05) is 34.6 Å². The monoisotopic (exact) mass is 379 g/mol. The van der Waals surface area contributed by atoms with Gasteiger partial charge < -0.3 is 10.1 Å². The van der Waals surface area contributed by atoms with E-state index < -0.39 is 0 Å². The number of hydrogen-bond donors (Lipinski definition) is 1. The topological polar surface area (TPSA) is 64.1 Å². The number of ether oxygens (including phenoxy) is 1. The van der Waals surface area contributed by atoms with Gasteiger partial charge in [0.1, 0.15) is 0 Å². The van der Waals surface area contributed by atoms with E-state index in [1.807, 2.05) is 62.4 Å². The van der Waals surface area contributed by atoms with Gasteiger partial charge in [0.15, 0.2) is 5.16 Å². The average molecular weight is 379 g/mol. The first-order valence-electron chi connectivity index (χ1n) is 8.53. The van der Waals surface area contributed by atoms with Gasteiger partial charge in [0.05, 0.1) is 6.61 Å². The molecule has 0 aliphatic carbocycles. The summed E-state index contributed by atoms with van der Waals surface area (Å²) in [5, 5.41) is 3.64. The maximum atomic E-state index is 12.4. The van der Waals surface area contributed by atoms with Crippen LogP contribution in [0.25, 0.3) is 0 Å². The molecule has 2 aromatic carbocycles. The first-order valence-corrected chi connectivity index (χ1v) is 9.34. The lowest BCUT2D eigenvalue weighted by molar-refractivity contribution is 0.102. The molecule has 0 radical (unpaired) electrons. The van der Waals surface area contributed by atoms with E-state index in [-0.39, 0.29) is 5.91 Å². The highest BCUT2D eigenvalue weighted by molar-refractivity contribution is 7.99. The Morgan fingerprint density at radius 3 is 2.41 bits per heavy atom. The summed E-state index contributed by atoms with van der Waals surface area (Å²) < 4.78 is 5.11. The number of amides is 1. The van der Waals surface area contributed by atoms with Crippen molar-refractivity contribution in [1.82, 2.24) is 9.97 Å². The van der Waals surface area contributed by atoms with Crippen molar-refractivity contribution in [3.8, 4) is 0 Å². The highest BCUT2D eigenvalue weighted by Crippen LogP contribution is 2.26. The molecule has 27 heavy (non-hydrogen) atoms. The van der Waals surface area contributed by atoms with Crippen LogP contribution in [0.4, 0.5) is 5.69 Å². The summed E-state index contributed by atoms with van der Waals surface area (Å²) in [5.74, 6) is -0.147. The van der Waals surface area contributed by atoms with Crippen molar-refractivity contribution >= 4 is 23.4 Å². The second-order valence-corrected chi connectivity index (χ2v) is 7.19. The molecule has 5 nitrogen and oxygen atoms in total. The molecule has 0 bridgehead atoms. The average Bonchev–Trinajstić information content (AvgIpc) is 2.63. The Hall–Kier alpha value is -2.70. The van der Waals surface area contributed by atoms with Crippen LogP contribution in [0.1, 0.15) is 27.3 Å². The third-order valence-electron chi connectivity index (χ3n) is 3.78.